The van der Waals surface area contributed by atoms with Crippen molar-refractivity contribution in [1.29, 1.82) is 0 Å². The van der Waals surface area contributed by atoms with E-state index in [1.54, 1.807) is 0 Å². The summed E-state index contributed by atoms with van der Waals surface area (Å²) < 4.78 is 3.02. The molecule has 0 radical (unpaired) electrons. The van der Waals surface area contributed by atoms with Crippen molar-refractivity contribution in [2.75, 3.05) is 0 Å². The van der Waals surface area contributed by atoms with E-state index in [1.807, 2.05) is 6.92 Å². The molecule has 0 aliphatic heterocycles. The van der Waals surface area contributed by atoms with Crippen LogP contribution in [0.1, 0.15) is 18.3 Å². The highest BCUT2D eigenvalue weighted by atomic mass is 79.9. The van der Waals surface area contributed by atoms with E-state index in [4.69, 9.17) is 0 Å². The van der Waals surface area contributed by atoms with Gasteiger partial charge in [0.2, 0.25) is 0 Å². The summed E-state index contributed by atoms with van der Waals surface area (Å²) in [7, 11) is 0. The Balaban J connectivity index is 2.11. The smallest absolute Gasteiger partial charge is 0.132 e. The van der Waals surface area contributed by atoms with Crippen molar-refractivity contribution < 1.29 is 0 Å². The van der Waals surface area contributed by atoms with E-state index in [0.717, 1.165) is 22.4 Å². The number of fused-ring (bicyclic) bond motifs is 1. The van der Waals surface area contributed by atoms with Gasteiger partial charge in [-0.1, -0.05) is 37.3 Å². The molecule has 0 unspecified atom stereocenters. The lowest BCUT2D eigenvalue weighted by Crippen LogP contribution is -1.89. The van der Waals surface area contributed by atoms with Gasteiger partial charge in [0.1, 0.15) is 10.4 Å². The van der Waals surface area contributed by atoms with Crippen LogP contribution < -0.4 is 0 Å². The molecule has 3 aromatic rings. The zero-order valence-corrected chi connectivity index (χ0v) is 12.6. The largest absolute Gasteiger partial charge is 0.302 e. The van der Waals surface area contributed by atoms with Crippen LogP contribution in [-0.2, 0) is 6.42 Å². The maximum Gasteiger partial charge on any atom is 0.132 e. The van der Waals surface area contributed by atoms with E-state index < -0.39 is 0 Å². The van der Waals surface area contributed by atoms with Crippen LogP contribution in [0.15, 0.2) is 47.2 Å². The molecule has 2 nitrogen and oxygen atoms in total. The van der Waals surface area contributed by atoms with E-state index in [2.05, 4.69) is 74.8 Å². The number of nitrogens with zero attached hydrogens (tertiary/aromatic N) is 2. The summed E-state index contributed by atoms with van der Waals surface area (Å²) in [5.41, 5.74) is 4.92. The van der Waals surface area contributed by atoms with Gasteiger partial charge in [0, 0.05) is 6.20 Å². The van der Waals surface area contributed by atoms with Gasteiger partial charge in [-0.3, -0.25) is 0 Å². The molecule has 0 bridgehead atoms. The first-order chi connectivity index (χ1) is 9.19. The highest BCUT2D eigenvalue weighted by Gasteiger charge is 2.06. The number of rotatable bonds is 2. The lowest BCUT2D eigenvalue weighted by Gasteiger charge is -2.05. The number of pyridine rings is 1. The van der Waals surface area contributed by atoms with Gasteiger partial charge in [-0.2, -0.15) is 0 Å². The quantitative estimate of drug-likeness (QED) is 0.674. The van der Waals surface area contributed by atoms with Crippen LogP contribution in [-0.4, -0.2) is 9.38 Å². The Morgan fingerprint density at radius 3 is 2.42 bits per heavy atom. The molecular weight excluding hydrogens is 300 g/mol. The van der Waals surface area contributed by atoms with Crippen molar-refractivity contribution in [1.82, 2.24) is 9.38 Å². The molecule has 0 aliphatic carbocycles. The molecule has 1 aromatic carbocycles. The second-order valence-corrected chi connectivity index (χ2v) is 5.42. The minimum absolute atomic E-state index is 0.901. The maximum absolute atomic E-state index is 4.43. The Labute approximate surface area is 121 Å². The molecule has 96 valence electrons. The first-order valence-electron chi connectivity index (χ1n) is 6.42. The van der Waals surface area contributed by atoms with Crippen LogP contribution in [0.2, 0.25) is 0 Å². The zero-order valence-electron chi connectivity index (χ0n) is 11.0. The summed E-state index contributed by atoms with van der Waals surface area (Å²) in [4.78, 5) is 4.43. The summed E-state index contributed by atoms with van der Waals surface area (Å²) in [5, 5.41) is 0. The minimum Gasteiger partial charge on any atom is -0.302 e. The van der Waals surface area contributed by atoms with E-state index in [9.17, 15) is 0 Å². The molecule has 2 aromatic heterocycles. The molecule has 0 saturated heterocycles. The van der Waals surface area contributed by atoms with Crippen molar-refractivity contribution in [3.63, 3.8) is 0 Å². The van der Waals surface area contributed by atoms with Crippen LogP contribution in [0.3, 0.4) is 0 Å². The van der Waals surface area contributed by atoms with E-state index in [-0.39, 0.29) is 0 Å². The molecule has 3 rings (SSSR count). The van der Waals surface area contributed by atoms with Crippen LogP contribution in [0.25, 0.3) is 16.6 Å². The Morgan fingerprint density at radius 2 is 1.74 bits per heavy atom. The number of aromatic nitrogens is 2. The number of hydrogen-bond acceptors (Lipinski definition) is 1. The Bertz CT molecular complexity index is 726. The fraction of sp³-hybridized carbons (Fsp3) is 0.188. The van der Waals surface area contributed by atoms with Crippen LogP contribution in [0.4, 0.5) is 0 Å². The first-order valence-corrected chi connectivity index (χ1v) is 7.22. The fourth-order valence-electron chi connectivity index (χ4n) is 2.29. The van der Waals surface area contributed by atoms with Crippen LogP contribution in [0.5, 0.6) is 0 Å². The van der Waals surface area contributed by atoms with Crippen molar-refractivity contribution >= 4 is 21.4 Å². The molecule has 2 heterocycles. The van der Waals surface area contributed by atoms with Gasteiger partial charge in [0.15, 0.2) is 0 Å². The lowest BCUT2D eigenvalue weighted by atomic mass is 10.0. The van der Waals surface area contributed by atoms with Crippen LogP contribution >= 0.6 is 15.9 Å². The number of benzene rings is 1. The third-order valence-corrected chi connectivity index (χ3v) is 4.05. The van der Waals surface area contributed by atoms with Gasteiger partial charge < -0.3 is 4.40 Å². The molecule has 0 saturated carbocycles. The first kappa shape index (κ1) is 12.4. The number of halogens is 1. The third-order valence-electron chi connectivity index (χ3n) is 3.46. The predicted octanol–water partition coefficient (Wildman–Crippen LogP) is 4.63. The van der Waals surface area contributed by atoms with Gasteiger partial charge in [0.05, 0.1) is 5.52 Å². The summed E-state index contributed by atoms with van der Waals surface area (Å²) >= 11 is 3.49. The molecular formula is C16H15BrN2. The summed E-state index contributed by atoms with van der Waals surface area (Å²) in [6.07, 6.45) is 3.22. The number of imidazole rings is 1. The number of hydrogen-bond donors (Lipinski definition) is 0. The highest BCUT2D eigenvalue weighted by Crippen LogP contribution is 2.25. The Morgan fingerprint density at radius 1 is 1.05 bits per heavy atom. The van der Waals surface area contributed by atoms with Gasteiger partial charge in [-0.15, -0.1) is 0 Å². The van der Waals surface area contributed by atoms with Gasteiger partial charge in [0.25, 0.3) is 0 Å². The van der Waals surface area contributed by atoms with Gasteiger partial charge >= 0.3 is 0 Å². The summed E-state index contributed by atoms with van der Waals surface area (Å²) in [6.45, 7) is 4.19. The van der Waals surface area contributed by atoms with Crippen molar-refractivity contribution in [2.45, 2.75) is 20.3 Å². The second-order valence-electron chi connectivity index (χ2n) is 4.67. The van der Waals surface area contributed by atoms with E-state index >= 15 is 0 Å². The molecule has 0 N–H and O–H groups in total. The second kappa shape index (κ2) is 4.82. The number of aryl methyl sites for hydroxylation is 2. The highest BCUT2D eigenvalue weighted by molar-refractivity contribution is 9.10. The fourth-order valence-corrected chi connectivity index (χ4v) is 2.87. The Kier molecular flexibility index (Phi) is 3.15. The average Bonchev–Trinajstić information content (AvgIpc) is 2.74. The molecule has 0 fully saturated rings. The Hall–Kier alpha value is -1.61. The van der Waals surface area contributed by atoms with Gasteiger partial charge in [-0.25, -0.2) is 4.98 Å². The van der Waals surface area contributed by atoms with Crippen LogP contribution in [0, 0.1) is 6.92 Å². The van der Waals surface area contributed by atoms with Crippen molar-refractivity contribution in [3.8, 4) is 11.1 Å². The van der Waals surface area contributed by atoms with Gasteiger partial charge in [-0.05, 0) is 52.0 Å². The lowest BCUT2D eigenvalue weighted by molar-refractivity contribution is 1.04. The van der Waals surface area contributed by atoms with Crippen molar-refractivity contribution in [3.05, 3.63) is 58.6 Å². The third kappa shape index (κ3) is 2.19. The molecule has 0 aliphatic rings. The predicted molar refractivity (Wildman–Crippen MR) is 82.4 cm³/mol. The van der Waals surface area contributed by atoms with E-state index in [1.165, 1.54) is 16.7 Å². The monoisotopic (exact) mass is 314 g/mol. The average molecular weight is 315 g/mol. The minimum atomic E-state index is 0.901. The summed E-state index contributed by atoms with van der Waals surface area (Å²) in [6, 6.07) is 13.0. The topological polar surface area (TPSA) is 17.3 Å². The molecule has 0 amide bonds. The van der Waals surface area contributed by atoms with E-state index in [0.29, 0.717) is 0 Å². The zero-order chi connectivity index (χ0) is 13.4. The molecule has 19 heavy (non-hydrogen) atoms. The molecule has 0 atom stereocenters. The molecule has 0 spiro atoms. The summed E-state index contributed by atoms with van der Waals surface area (Å²) in [5.74, 6) is 0.994. The standard InChI is InChI=1S/C16H15BrN2/c1-3-12-4-6-13(7-5-12)14-8-9-15-16(17)18-11(2)19(15)10-14/h4-10H,3H2,1-2H3. The normalized spacial score (nSPS) is 11.1. The SMILES string of the molecule is CCc1ccc(-c2ccc3c(Br)nc(C)n3c2)cc1. The molecule has 3 heteroatoms. The maximum atomic E-state index is 4.43. The van der Waals surface area contributed by atoms with Crippen molar-refractivity contribution in [2.24, 2.45) is 0 Å².